The van der Waals surface area contributed by atoms with Crippen LogP contribution in [0, 0.1) is 5.92 Å². The number of hydrogen-bond acceptors (Lipinski definition) is 4. The van der Waals surface area contributed by atoms with E-state index in [0.717, 1.165) is 42.7 Å². The molecule has 1 aliphatic carbocycles. The van der Waals surface area contributed by atoms with Gasteiger partial charge in [-0.15, -0.1) is 12.4 Å². The van der Waals surface area contributed by atoms with Gasteiger partial charge in [0, 0.05) is 18.2 Å². The van der Waals surface area contributed by atoms with Crippen LogP contribution in [0.2, 0.25) is 0 Å². The molecule has 1 aliphatic rings. The Balaban J connectivity index is 0.00000288. The zero-order valence-electron chi connectivity index (χ0n) is 14.8. The van der Waals surface area contributed by atoms with Crippen molar-refractivity contribution in [2.75, 3.05) is 20.8 Å². The molecule has 0 bridgehead atoms. The van der Waals surface area contributed by atoms with Gasteiger partial charge in [-0.2, -0.15) is 0 Å². The Kier molecular flexibility index (Phi) is 7.84. The molecule has 1 fully saturated rings. The van der Waals surface area contributed by atoms with Gasteiger partial charge in [0.05, 0.1) is 20.1 Å². The van der Waals surface area contributed by atoms with E-state index in [9.17, 15) is 4.79 Å². The standard InChI is InChI=1S/C18H28N2O3.ClH/c1-18(19)10-5-4-6-15(18)17(21)20-11-9-13-7-8-14(22-2)12-16(13)23-3;/h7-8,12,15H,4-6,9-11,19H2,1-3H3,(H,20,21);1H. The number of ether oxygens (including phenoxy) is 2. The van der Waals surface area contributed by atoms with Crippen molar-refractivity contribution in [3.63, 3.8) is 0 Å². The zero-order valence-corrected chi connectivity index (χ0v) is 15.6. The lowest BCUT2D eigenvalue weighted by Crippen LogP contribution is -2.53. The van der Waals surface area contributed by atoms with E-state index in [1.165, 1.54) is 0 Å². The van der Waals surface area contributed by atoms with Crippen LogP contribution in [0.25, 0.3) is 0 Å². The van der Waals surface area contributed by atoms with Gasteiger partial charge < -0.3 is 20.5 Å². The molecule has 0 saturated heterocycles. The molecule has 1 aromatic carbocycles. The molecular formula is C18H29ClN2O3. The maximum Gasteiger partial charge on any atom is 0.224 e. The van der Waals surface area contributed by atoms with Gasteiger partial charge in [0.15, 0.2) is 0 Å². The largest absolute Gasteiger partial charge is 0.497 e. The van der Waals surface area contributed by atoms with Crippen molar-refractivity contribution in [3.05, 3.63) is 23.8 Å². The summed E-state index contributed by atoms with van der Waals surface area (Å²) in [5.41, 5.74) is 6.95. The van der Waals surface area contributed by atoms with Gasteiger partial charge in [-0.3, -0.25) is 4.79 Å². The quantitative estimate of drug-likeness (QED) is 0.821. The molecule has 24 heavy (non-hydrogen) atoms. The number of benzene rings is 1. The lowest BCUT2D eigenvalue weighted by Gasteiger charge is -2.37. The van der Waals surface area contributed by atoms with Crippen LogP contribution >= 0.6 is 12.4 Å². The van der Waals surface area contributed by atoms with Crippen molar-refractivity contribution in [2.45, 2.75) is 44.6 Å². The number of carbonyl (C=O) groups excluding carboxylic acids is 1. The van der Waals surface area contributed by atoms with Crippen LogP contribution in [0.15, 0.2) is 18.2 Å². The summed E-state index contributed by atoms with van der Waals surface area (Å²) < 4.78 is 10.6. The molecule has 1 saturated carbocycles. The predicted octanol–water partition coefficient (Wildman–Crippen LogP) is 2.69. The van der Waals surface area contributed by atoms with Gasteiger partial charge >= 0.3 is 0 Å². The highest BCUT2D eigenvalue weighted by Gasteiger charge is 2.37. The molecule has 2 unspecified atom stereocenters. The van der Waals surface area contributed by atoms with Crippen molar-refractivity contribution in [1.82, 2.24) is 5.32 Å². The summed E-state index contributed by atoms with van der Waals surface area (Å²) in [5.74, 6) is 1.52. The number of nitrogens with one attached hydrogen (secondary N) is 1. The van der Waals surface area contributed by atoms with Crippen LogP contribution in [0.1, 0.15) is 38.2 Å². The minimum absolute atomic E-state index is 0. The fourth-order valence-electron chi connectivity index (χ4n) is 3.29. The second-order valence-electron chi connectivity index (χ2n) is 6.52. The van der Waals surface area contributed by atoms with Crippen molar-refractivity contribution < 1.29 is 14.3 Å². The van der Waals surface area contributed by atoms with Gasteiger partial charge in [-0.05, 0) is 37.8 Å². The number of hydrogen-bond donors (Lipinski definition) is 2. The molecule has 6 heteroatoms. The number of halogens is 1. The van der Waals surface area contributed by atoms with E-state index >= 15 is 0 Å². The topological polar surface area (TPSA) is 73.6 Å². The van der Waals surface area contributed by atoms with Gasteiger partial charge in [0.1, 0.15) is 11.5 Å². The van der Waals surface area contributed by atoms with E-state index in [1.807, 2.05) is 25.1 Å². The van der Waals surface area contributed by atoms with Gasteiger partial charge in [0.25, 0.3) is 0 Å². The smallest absolute Gasteiger partial charge is 0.224 e. The Bertz CT molecular complexity index is 549. The van der Waals surface area contributed by atoms with E-state index < -0.39 is 0 Å². The molecule has 0 heterocycles. The highest BCUT2D eigenvalue weighted by molar-refractivity contribution is 5.85. The molecule has 0 aromatic heterocycles. The third-order valence-corrected chi connectivity index (χ3v) is 4.76. The van der Waals surface area contributed by atoms with Gasteiger partial charge in [0.2, 0.25) is 5.91 Å². The van der Waals surface area contributed by atoms with E-state index in [0.29, 0.717) is 13.0 Å². The number of nitrogens with two attached hydrogens (primary N) is 1. The third kappa shape index (κ3) is 5.02. The number of amides is 1. The highest BCUT2D eigenvalue weighted by atomic mass is 35.5. The van der Waals surface area contributed by atoms with Crippen LogP contribution in [-0.4, -0.2) is 32.2 Å². The summed E-state index contributed by atoms with van der Waals surface area (Å²) in [7, 11) is 3.27. The zero-order chi connectivity index (χ0) is 16.9. The molecule has 1 amide bonds. The molecule has 1 aromatic rings. The predicted molar refractivity (Wildman–Crippen MR) is 98.1 cm³/mol. The summed E-state index contributed by atoms with van der Waals surface area (Å²) >= 11 is 0. The molecule has 0 aliphatic heterocycles. The molecule has 2 atom stereocenters. The first-order valence-corrected chi connectivity index (χ1v) is 8.25. The number of rotatable bonds is 6. The Labute approximate surface area is 150 Å². The molecule has 136 valence electrons. The Morgan fingerprint density at radius 1 is 1.33 bits per heavy atom. The SMILES string of the molecule is COc1ccc(CCNC(=O)C2CCCCC2(C)N)c(OC)c1.Cl. The minimum atomic E-state index is -0.389. The third-order valence-electron chi connectivity index (χ3n) is 4.76. The monoisotopic (exact) mass is 356 g/mol. The van der Waals surface area contributed by atoms with Crippen LogP contribution in [0.3, 0.4) is 0 Å². The van der Waals surface area contributed by atoms with Crippen molar-refractivity contribution in [3.8, 4) is 11.5 Å². The second-order valence-corrected chi connectivity index (χ2v) is 6.52. The number of methoxy groups -OCH3 is 2. The average molecular weight is 357 g/mol. The normalized spacial score (nSPS) is 23.1. The van der Waals surface area contributed by atoms with E-state index in [2.05, 4.69) is 5.32 Å². The van der Waals surface area contributed by atoms with E-state index in [4.69, 9.17) is 15.2 Å². The Morgan fingerprint density at radius 2 is 2.08 bits per heavy atom. The summed E-state index contributed by atoms with van der Waals surface area (Å²) in [4.78, 5) is 12.4. The molecule has 0 radical (unpaired) electrons. The van der Waals surface area contributed by atoms with Crippen LogP contribution in [0.5, 0.6) is 11.5 Å². The van der Waals surface area contributed by atoms with Crippen molar-refractivity contribution in [2.24, 2.45) is 11.7 Å². The summed E-state index contributed by atoms with van der Waals surface area (Å²) in [6.45, 7) is 2.57. The fourth-order valence-corrected chi connectivity index (χ4v) is 3.29. The molecule has 0 spiro atoms. The average Bonchev–Trinajstić information content (AvgIpc) is 2.54. The number of carbonyl (C=O) groups is 1. The fraction of sp³-hybridized carbons (Fsp3) is 0.611. The van der Waals surface area contributed by atoms with Gasteiger partial charge in [-0.25, -0.2) is 0 Å². The Morgan fingerprint density at radius 3 is 2.71 bits per heavy atom. The summed E-state index contributed by atoms with van der Waals surface area (Å²) in [6.07, 6.45) is 4.70. The maximum atomic E-state index is 12.4. The van der Waals surface area contributed by atoms with Gasteiger partial charge in [-0.1, -0.05) is 18.9 Å². The maximum absolute atomic E-state index is 12.4. The molecule has 3 N–H and O–H groups in total. The minimum Gasteiger partial charge on any atom is -0.497 e. The van der Waals surface area contributed by atoms with Crippen molar-refractivity contribution >= 4 is 18.3 Å². The van der Waals surface area contributed by atoms with Crippen LogP contribution in [-0.2, 0) is 11.2 Å². The summed E-state index contributed by atoms with van der Waals surface area (Å²) in [5, 5.41) is 3.03. The van der Waals surface area contributed by atoms with E-state index in [1.54, 1.807) is 14.2 Å². The first kappa shape index (κ1) is 20.6. The lowest BCUT2D eigenvalue weighted by atomic mass is 9.74. The van der Waals surface area contributed by atoms with Crippen molar-refractivity contribution in [1.29, 1.82) is 0 Å². The van der Waals surface area contributed by atoms with Crippen LogP contribution < -0.4 is 20.5 Å². The molecule has 5 nitrogen and oxygen atoms in total. The van der Waals surface area contributed by atoms with Crippen LogP contribution in [0.4, 0.5) is 0 Å². The van der Waals surface area contributed by atoms with E-state index in [-0.39, 0.29) is 29.8 Å². The summed E-state index contributed by atoms with van der Waals surface area (Å²) in [6, 6.07) is 5.73. The first-order chi connectivity index (χ1) is 11.0. The second kappa shape index (κ2) is 9.14. The lowest BCUT2D eigenvalue weighted by molar-refractivity contribution is -0.128. The Hall–Kier alpha value is -1.46. The first-order valence-electron chi connectivity index (χ1n) is 8.25. The highest BCUT2D eigenvalue weighted by Crippen LogP contribution is 2.31. The molecular weight excluding hydrogens is 328 g/mol. The molecule has 2 rings (SSSR count).